The highest BCUT2D eigenvalue weighted by molar-refractivity contribution is 7.90. The number of carbonyl (C=O) groups is 1. The highest BCUT2D eigenvalue weighted by atomic mass is 32.2. The van der Waals surface area contributed by atoms with E-state index in [0.29, 0.717) is 17.3 Å². The fraction of sp³-hybridized carbons (Fsp3) is 0.333. The maximum absolute atomic E-state index is 12.7. The van der Waals surface area contributed by atoms with Gasteiger partial charge in [-0.05, 0) is 48.6 Å². The van der Waals surface area contributed by atoms with E-state index in [2.05, 4.69) is 9.71 Å². The number of carbonyl (C=O) groups excluding carboxylic acids is 1. The lowest BCUT2D eigenvalue weighted by atomic mass is 10.0. The Morgan fingerprint density at radius 3 is 2.55 bits per heavy atom. The summed E-state index contributed by atoms with van der Waals surface area (Å²) < 4.78 is 33.6. The molecule has 1 N–H and O–H groups in total. The van der Waals surface area contributed by atoms with Crippen molar-refractivity contribution in [2.45, 2.75) is 23.8 Å². The summed E-state index contributed by atoms with van der Waals surface area (Å²) in [5, 5.41) is 3.11. The molecule has 1 unspecified atom stereocenters. The number of likely N-dealkylation sites (N-methyl/N-ethyl adjacent to an activating group) is 1. The van der Waals surface area contributed by atoms with Crippen molar-refractivity contribution in [3.8, 4) is 5.75 Å². The molecule has 0 aromatic heterocycles. The van der Waals surface area contributed by atoms with Gasteiger partial charge in [-0.1, -0.05) is 24.3 Å². The number of amidine groups is 1. The van der Waals surface area contributed by atoms with Crippen LogP contribution in [0.15, 0.2) is 57.8 Å². The fourth-order valence-corrected chi connectivity index (χ4v) is 4.84. The summed E-state index contributed by atoms with van der Waals surface area (Å²) in [6, 6.07) is 14.3. The molecule has 1 fully saturated rings. The Labute approximate surface area is 170 Å². The molecule has 8 heteroatoms. The lowest BCUT2D eigenvalue weighted by molar-refractivity contribution is -0.122. The number of hydrogen-bond acceptors (Lipinski definition) is 5. The lowest BCUT2D eigenvalue weighted by Crippen LogP contribution is -2.40. The Balaban J connectivity index is 1.47. The van der Waals surface area contributed by atoms with Gasteiger partial charge in [0.25, 0.3) is 10.0 Å². The zero-order chi connectivity index (χ0) is 20.6. The highest BCUT2D eigenvalue weighted by Crippen LogP contribution is 2.41. The predicted octanol–water partition coefficient (Wildman–Crippen LogP) is 2.34. The van der Waals surface area contributed by atoms with Gasteiger partial charge in [0.05, 0.1) is 19.7 Å². The second kappa shape index (κ2) is 7.51. The molecule has 1 heterocycles. The first-order valence-electron chi connectivity index (χ1n) is 9.48. The average molecular weight is 413 g/mol. The first-order chi connectivity index (χ1) is 13.9. The molecule has 2 aromatic rings. The third-order valence-corrected chi connectivity index (χ3v) is 6.56. The molecule has 0 bridgehead atoms. The summed E-state index contributed by atoms with van der Waals surface area (Å²) in [5.41, 5.74) is 1.56. The largest absolute Gasteiger partial charge is 0.497 e. The van der Waals surface area contributed by atoms with Gasteiger partial charge in [-0.15, -0.1) is 4.40 Å². The second-order valence-corrected chi connectivity index (χ2v) is 8.97. The first kappa shape index (κ1) is 19.4. The van der Waals surface area contributed by atoms with Crippen molar-refractivity contribution in [3.05, 3.63) is 59.7 Å². The third kappa shape index (κ3) is 3.98. The van der Waals surface area contributed by atoms with E-state index < -0.39 is 10.0 Å². The molecule has 2 aliphatic rings. The Hall–Kier alpha value is -2.87. The first-order valence-corrected chi connectivity index (χ1v) is 10.9. The quantitative estimate of drug-likeness (QED) is 0.785. The van der Waals surface area contributed by atoms with Crippen LogP contribution in [0.2, 0.25) is 0 Å². The molecule has 1 amide bonds. The number of nitrogens with one attached hydrogen (secondary N) is 1. The van der Waals surface area contributed by atoms with Crippen molar-refractivity contribution in [1.82, 2.24) is 10.2 Å². The minimum Gasteiger partial charge on any atom is -0.497 e. The number of nitrogens with zero attached hydrogens (tertiary/aromatic N) is 2. The summed E-state index contributed by atoms with van der Waals surface area (Å²) in [6.45, 7) is 0.0159. The normalized spacial score (nSPS) is 17.8. The van der Waals surface area contributed by atoms with Gasteiger partial charge in [0, 0.05) is 12.6 Å². The molecule has 7 nitrogen and oxygen atoms in total. The van der Waals surface area contributed by atoms with Gasteiger partial charge in [0.2, 0.25) is 5.91 Å². The molecular weight excluding hydrogens is 390 g/mol. The summed E-state index contributed by atoms with van der Waals surface area (Å²) in [7, 11) is -0.413. The van der Waals surface area contributed by atoms with Gasteiger partial charge in [0.15, 0.2) is 5.84 Å². The number of benzene rings is 2. The average Bonchev–Trinajstić information content (AvgIpc) is 3.51. The minimum atomic E-state index is -3.71. The zero-order valence-electron chi connectivity index (χ0n) is 16.3. The van der Waals surface area contributed by atoms with Gasteiger partial charge >= 0.3 is 0 Å². The summed E-state index contributed by atoms with van der Waals surface area (Å²) >= 11 is 0. The molecular formula is C21H23N3O4S. The van der Waals surface area contributed by atoms with E-state index in [0.717, 1.165) is 24.2 Å². The smallest absolute Gasteiger partial charge is 0.285 e. The van der Waals surface area contributed by atoms with E-state index in [-0.39, 0.29) is 23.4 Å². The van der Waals surface area contributed by atoms with Gasteiger partial charge in [-0.25, -0.2) is 0 Å². The van der Waals surface area contributed by atoms with Crippen LogP contribution in [-0.4, -0.2) is 45.8 Å². The van der Waals surface area contributed by atoms with Crippen LogP contribution in [0.3, 0.4) is 0 Å². The van der Waals surface area contributed by atoms with Gasteiger partial charge in [-0.3, -0.25) is 4.79 Å². The van der Waals surface area contributed by atoms with Crippen LogP contribution < -0.4 is 10.1 Å². The lowest BCUT2D eigenvalue weighted by Gasteiger charge is -2.23. The highest BCUT2D eigenvalue weighted by Gasteiger charge is 2.35. The molecule has 152 valence electrons. The van der Waals surface area contributed by atoms with Crippen LogP contribution in [-0.2, 0) is 14.8 Å². The minimum absolute atomic E-state index is 0.0159. The molecule has 1 aliphatic heterocycles. The Kier molecular flexibility index (Phi) is 5.04. The van der Waals surface area contributed by atoms with Gasteiger partial charge < -0.3 is 15.0 Å². The second-order valence-electron chi connectivity index (χ2n) is 7.40. The molecule has 2 aromatic carbocycles. The maximum Gasteiger partial charge on any atom is 0.285 e. The Morgan fingerprint density at radius 2 is 1.90 bits per heavy atom. The number of methoxy groups -OCH3 is 1. The van der Waals surface area contributed by atoms with Crippen LogP contribution in [0.25, 0.3) is 0 Å². The maximum atomic E-state index is 12.7. The van der Waals surface area contributed by atoms with E-state index >= 15 is 0 Å². The van der Waals surface area contributed by atoms with Crippen molar-refractivity contribution in [1.29, 1.82) is 0 Å². The molecule has 1 aliphatic carbocycles. The molecule has 0 radical (unpaired) electrons. The zero-order valence-corrected chi connectivity index (χ0v) is 17.1. The van der Waals surface area contributed by atoms with E-state index in [4.69, 9.17) is 4.74 Å². The molecule has 1 atom stereocenters. The fourth-order valence-electron chi connectivity index (χ4n) is 3.59. The predicted molar refractivity (Wildman–Crippen MR) is 109 cm³/mol. The topological polar surface area (TPSA) is 88.1 Å². The molecule has 4 rings (SSSR count). The number of hydrogen-bond donors (Lipinski definition) is 1. The molecule has 0 spiro atoms. The summed E-state index contributed by atoms with van der Waals surface area (Å²) in [6.07, 6.45) is 2.15. The van der Waals surface area contributed by atoms with Crippen LogP contribution >= 0.6 is 0 Å². The summed E-state index contributed by atoms with van der Waals surface area (Å²) in [4.78, 5) is 14.5. The van der Waals surface area contributed by atoms with Crippen LogP contribution in [0.1, 0.15) is 30.0 Å². The van der Waals surface area contributed by atoms with Crippen molar-refractivity contribution in [2.75, 3.05) is 20.7 Å². The molecule has 29 heavy (non-hydrogen) atoms. The van der Waals surface area contributed by atoms with E-state index in [1.54, 1.807) is 37.3 Å². The van der Waals surface area contributed by atoms with Crippen molar-refractivity contribution in [3.63, 3.8) is 0 Å². The number of rotatable bonds is 6. The van der Waals surface area contributed by atoms with Crippen LogP contribution in [0.5, 0.6) is 5.75 Å². The number of fused-ring (bicyclic) bond motifs is 1. The van der Waals surface area contributed by atoms with E-state index in [1.807, 2.05) is 24.3 Å². The van der Waals surface area contributed by atoms with Crippen molar-refractivity contribution in [2.24, 2.45) is 10.3 Å². The van der Waals surface area contributed by atoms with Crippen LogP contribution in [0, 0.1) is 5.92 Å². The van der Waals surface area contributed by atoms with E-state index in [1.165, 1.54) is 6.07 Å². The SMILES string of the molecule is COc1ccc(C(NC(=O)CN(C)C2=NS(=O)(=O)c3ccccc32)C2CC2)cc1. The Bertz CT molecular complexity index is 1060. The monoisotopic (exact) mass is 413 g/mol. The molecule has 0 saturated heterocycles. The van der Waals surface area contributed by atoms with Gasteiger partial charge in [0.1, 0.15) is 10.6 Å². The van der Waals surface area contributed by atoms with Crippen molar-refractivity contribution >= 4 is 21.8 Å². The number of sulfonamides is 1. The Morgan fingerprint density at radius 1 is 1.21 bits per heavy atom. The van der Waals surface area contributed by atoms with Gasteiger partial charge in [-0.2, -0.15) is 8.42 Å². The molecule has 1 saturated carbocycles. The van der Waals surface area contributed by atoms with Crippen molar-refractivity contribution < 1.29 is 17.9 Å². The number of ether oxygens (including phenoxy) is 1. The van der Waals surface area contributed by atoms with E-state index in [9.17, 15) is 13.2 Å². The number of amides is 1. The van der Waals surface area contributed by atoms with Crippen LogP contribution in [0.4, 0.5) is 0 Å². The summed E-state index contributed by atoms with van der Waals surface area (Å²) in [5.74, 6) is 1.31. The third-order valence-electron chi connectivity index (χ3n) is 5.24. The standard InChI is InChI=1S/C21H23N3O4S/c1-24(21-17-5-3-4-6-18(17)29(26,27)23-21)13-19(25)22-20(14-7-8-14)15-9-11-16(28-2)12-10-15/h3-6,9-12,14,20H,7-8,13H2,1-2H3,(H,22,25).